The van der Waals surface area contributed by atoms with Crippen LogP contribution in [0.4, 0.5) is 0 Å². The lowest BCUT2D eigenvalue weighted by atomic mass is 10.1. The summed E-state index contributed by atoms with van der Waals surface area (Å²) in [5, 5.41) is 0. The van der Waals surface area contributed by atoms with Crippen LogP contribution in [0.2, 0.25) is 0 Å². The van der Waals surface area contributed by atoms with Gasteiger partial charge in [-0.2, -0.15) is 0 Å². The second-order valence-corrected chi connectivity index (χ2v) is 3.72. The normalized spacial score (nSPS) is 11.9. The van der Waals surface area contributed by atoms with Gasteiger partial charge in [0.2, 0.25) is 0 Å². The molecule has 3 nitrogen and oxygen atoms in total. The van der Waals surface area contributed by atoms with E-state index in [4.69, 9.17) is 9.47 Å². The van der Waals surface area contributed by atoms with E-state index < -0.39 is 0 Å². The first kappa shape index (κ1) is 12.6. The number of rotatable bonds is 6. The fourth-order valence-corrected chi connectivity index (χ4v) is 1.26. The van der Waals surface area contributed by atoms with Crippen LogP contribution in [0.15, 0.2) is 24.3 Å². The second kappa shape index (κ2) is 6.16. The monoisotopic (exact) mass is 222 g/mol. The van der Waals surface area contributed by atoms with Crippen molar-refractivity contribution in [2.24, 2.45) is 5.92 Å². The van der Waals surface area contributed by atoms with Gasteiger partial charge in [-0.1, -0.05) is 26.0 Å². The highest BCUT2D eigenvalue weighted by Gasteiger charge is 2.12. The van der Waals surface area contributed by atoms with E-state index in [1.807, 2.05) is 32.0 Å². The molecule has 0 amide bonds. The lowest BCUT2D eigenvalue weighted by molar-refractivity contribution is -0.124. The zero-order valence-corrected chi connectivity index (χ0v) is 10.0. The van der Waals surface area contributed by atoms with Crippen molar-refractivity contribution in [3.63, 3.8) is 0 Å². The van der Waals surface area contributed by atoms with Gasteiger partial charge in [0.25, 0.3) is 0 Å². The maximum Gasteiger partial charge on any atom is 0.172 e. The molecule has 16 heavy (non-hydrogen) atoms. The van der Waals surface area contributed by atoms with Crippen molar-refractivity contribution in [3.05, 3.63) is 24.3 Å². The lowest BCUT2D eigenvalue weighted by Crippen LogP contribution is -2.18. The minimum Gasteiger partial charge on any atom is -0.493 e. The van der Waals surface area contributed by atoms with Crippen LogP contribution in [-0.4, -0.2) is 19.5 Å². The van der Waals surface area contributed by atoms with Crippen LogP contribution in [0.5, 0.6) is 11.5 Å². The third-order valence-corrected chi connectivity index (χ3v) is 2.60. The summed E-state index contributed by atoms with van der Waals surface area (Å²) in [6.45, 7) is 4.01. The molecule has 0 aliphatic heterocycles. The van der Waals surface area contributed by atoms with Crippen LogP contribution in [0.3, 0.4) is 0 Å². The molecule has 0 spiro atoms. The zero-order valence-electron chi connectivity index (χ0n) is 10.0. The van der Waals surface area contributed by atoms with Gasteiger partial charge in [-0.15, -0.1) is 0 Å². The number of hydrogen-bond donors (Lipinski definition) is 0. The summed E-state index contributed by atoms with van der Waals surface area (Å²) < 4.78 is 10.6. The highest BCUT2D eigenvalue weighted by atomic mass is 16.5. The Balaban J connectivity index is 2.57. The molecule has 0 radical (unpaired) electrons. The van der Waals surface area contributed by atoms with Gasteiger partial charge >= 0.3 is 0 Å². The minimum absolute atomic E-state index is 0.0507. The van der Waals surface area contributed by atoms with Gasteiger partial charge in [0.15, 0.2) is 17.3 Å². The van der Waals surface area contributed by atoms with Crippen LogP contribution in [0.25, 0.3) is 0 Å². The molecule has 0 aromatic heterocycles. The number of ether oxygens (including phenoxy) is 2. The summed E-state index contributed by atoms with van der Waals surface area (Å²) in [6.07, 6.45) is 0.841. The number of para-hydroxylation sites is 2. The Morgan fingerprint density at radius 3 is 2.50 bits per heavy atom. The molecule has 1 atom stereocenters. The zero-order chi connectivity index (χ0) is 12.0. The Hall–Kier alpha value is -1.51. The van der Waals surface area contributed by atoms with Crippen LogP contribution in [0, 0.1) is 5.92 Å². The first-order chi connectivity index (χ1) is 7.69. The predicted octanol–water partition coefficient (Wildman–Crippen LogP) is 2.69. The van der Waals surface area contributed by atoms with Crippen molar-refractivity contribution in [2.45, 2.75) is 20.3 Å². The van der Waals surface area contributed by atoms with Crippen molar-refractivity contribution in [1.29, 1.82) is 0 Å². The van der Waals surface area contributed by atoms with Gasteiger partial charge in [-0.25, -0.2) is 0 Å². The molecule has 0 aliphatic carbocycles. The molecule has 0 bridgehead atoms. The maximum absolute atomic E-state index is 11.6. The molecular formula is C13H18O3. The Morgan fingerprint density at radius 1 is 1.31 bits per heavy atom. The number of methoxy groups -OCH3 is 1. The van der Waals surface area contributed by atoms with Crippen molar-refractivity contribution < 1.29 is 14.3 Å². The SMILES string of the molecule is CCC(C)C(=O)COc1ccccc1OC. The first-order valence-electron chi connectivity index (χ1n) is 5.47. The highest BCUT2D eigenvalue weighted by molar-refractivity contribution is 5.82. The number of benzene rings is 1. The molecule has 1 unspecified atom stereocenters. The van der Waals surface area contributed by atoms with E-state index in [1.54, 1.807) is 13.2 Å². The molecule has 0 N–H and O–H groups in total. The van der Waals surface area contributed by atoms with Gasteiger partial charge < -0.3 is 9.47 Å². The summed E-state index contributed by atoms with van der Waals surface area (Å²) >= 11 is 0. The molecule has 1 aromatic carbocycles. The van der Waals surface area contributed by atoms with Crippen molar-refractivity contribution in [2.75, 3.05) is 13.7 Å². The quantitative estimate of drug-likeness (QED) is 0.742. The van der Waals surface area contributed by atoms with E-state index in [0.717, 1.165) is 6.42 Å². The largest absolute Gasteiger partial charge is 0.493 e. The number of Topliss-reactive ketones (excluding diaryl/α,β-unsaturated/α-hetero) is 1. The van der Waals surface area contributed by atoms with Gasteiger partial charge in [0.05, 0.1) is 7.11 Å². The Bertz CT molecular complexity index is 347. The number of hydrogen-bond acceptors (Lipinski definition) is 3. The number of carbonyl (C=O) groups is 1. The second-order valence-electron chi connectivity index (χ2n) is 3.72. The summed E-state index contributed by atoms with van der Waals surface area (Å²) in [4.78, 5) is 11.6. The van der Waals surface area contributed by atoms with E-state index in [2.05, 4.69) is 0 Å². The fraction of sp³-hybridized carbons (Fsp3) is 0.462. The van der Waals surface area contributed by atoms with Gasteiger partial charge in [0.1, 0.15) is 6.61 Å². The Labute approximate surface area is 96.4 Å². The standard InChI is InChI=1S/C13H18O3/c1-4-10(2)11(14)9-16-13-8-6-5-7-12(13)15-3/h5-8,10H,4,9H2,1-3H3. The third kappa shape index (κ3) is 3.26. The van der Waals surface area contributed by atoms with E-state index in [0.29, 0.717) is 11.5 Å². The molecular weight excluding hydrogens is 204 g/mol. The summed E-state index contributed by atoms with van der Waals surface area (Å²) in [5.74, 6) is 1.43. The van der Waals surface area contributed by atoms with Crippen molar-refractivity contribution >= 4 is 5.78 Å². The molecule has 88 valence electrons. The fourth-order valence-electron chi connectivity index (χ4n) is 1.26. The topological polar surface area (TPSA) is 35.5 Å². The summed E-state index contributed by atoms with van der Waals surface area (Å²) in [5.41, 5.74) is 0. The number of carbonyl (C=O) groups excluding carboxylic acids is 1. The minimum atomic E-state index is 0.0507. The van der Waals surface area contributed by atoms with Crippen LogP contribution in [-0.2, 0) is 4.79 Å². The molecule has 0 saturated heterocycles. The Morgan fingerprint density at radius 2 is 1.94 bits per heavy atom. The highest BCUT2D eigenvalue weighted by Crippen LogP contribution is 2.25. The van der Waals surface area contributed by atoms with E-state index in [-0.39, 0.29) is 18.3 Å². The predicted molar refractivity (Wildman–Crippen MR) is 63.0 cm³/mol. The molecule has 0 aliphatic rings. The first-order valence-corrected chi connectivity index (χ1v) is 5.47. The smallest absolute Gasteiger partial charge is 0.172 e. The summed E-state index contributed by atoms with van der Waals surface area (Å²) in [7, 11) is 1.58. The van der Waals surface area contributed by atoms with E-state index in [9.17, 15) is 4.79 Å². The average Bonchev–Trinajstić information content (AvgIpc) is 2.35. The molecule has 3 heteroatoms. The van der Waals surface area contributed by atoms with E-state index >= 15 is 0 Å². The molecule has 1 rings (SSSR count). The summed E-state index contributed by atoms with van der Waals surface area (Å²) in [6, 6.07) is 7.32. The third-order valence-electron chi connectivity index (χ3n) is 2.60. The number of ketones is 1. The van der Waals surface area contributed by atoms with Crippen molar-refractivity contribution in [3.8, 4) is 11.5 Å². The van der Waals surface area contributed by atoms with Gasteiger partial charge in [-0.05, 0) is 18.6 Å². The molecule has 0 saturated carbocycles. The molecule has 0 heterocycles. The van der Waals surface area contributed by atoms with Crippen LogP contribution < -0.4 is 9.47 Å². The van der Waals surface area contributed by atoms with Gasteiger partial charge in [-0.3, -0.25) is 4.79 Å². The molecule has 0 fully saturated rings. The van der Waals surface area contributed by atoms with Gasteiger partial charge in [0, 0.05) is 5.92 Å². The van der Waals surface area contributed by atoms with Crippen molar-refractivity contribution in [1.82, 2.24) is 0 Å². The van der Waals surface area contributed by atoms with E-state index in [1.165, 1.54) is 0 Å². The van der Waals surface area contributed by atoms with Crippen LogP contribution >= 0.6 is 0 Å². The van der Waals surface area contributed by atoms with Crippen LogP contribution in [0.1, 0.15) is 20.3 Å². The molecule has 1 aromatic rings. The average molecular weight is 222 g/mol. The maximum atomic E-state index is 11.6. The lowest BCUT2D eigenvalue weighted by Gasteiger charge is -2.11. The Kier molecular flexibility index (Phi) is 4.83.